The van der Waals surface area contributed by atoms with E-state index < -0.39 is 5.60 Å². The number of ether oxygens (including phenoxy) is 2. The first kappa shape index (κ1) is 27.5. The number of hydrogen-bond donors (Lipinski definition) is 2. The zero-order valence-corrected chi connectivity index (χ0v) is 23.8. The third kappa shape index (κ3) is 5.51. The van der Waals surface area contributed by atoms with Gasteiger partial charge in [0.2, 0.25) is 5.91 Å². The van der Waals surface area contributed by atoms with Crippen molar-refractivity contribution in [2.24, 2.45) is 5.92 Å². The highest BCUT2D eigenvalue weighted by Crippen LogP contribution is 2.44. The van der Waals surface area contributed by atoms with E-state index in [0.717, 1.165) is 53.9 Å². The lowest BCUT2D eigenvalue weighted by Crippen LogP contribution is -2.42. The molecule has 39 heavy (non-hydrogen) atoms. The summed E-state index contributed by atoms with van der Waals surface area (Å²) in [6.45, 7) is 7.63. The van der Waals surface area contributed by atoms with Crippen LogP contribution in [-0.4, -0.2) is 37.3 Å². The molecule has 0 bridgehead atoms. The molecule has 5 rings (SSSR count). The van der Waals surface area contributed by atoms with E-state index >= 15 is 0 Å². The van der Waals surface area contributed by atoms with E-state index in [9.17, 15) is 9.90 Å². The zero-order valence-electron chi connectivity index (χ0n) is 23.0. The van der Waals surface area contributed by atoms with Gasteiger partial charge in [-0.15, -0.1) is 0 Å². The fraction of sp³-hybridized carbons (Fsp3) is 0.406. The summed E-state index contributed by atoms with van der Waals surface area (Å²) in [5.74, 6) is 1.38. The minimum Gasteiger partial charge on any atom is -0.493 e. The molecule has 0 aromatic heterocycles. The molecule has 1 amide bonds. The summed E-state index contributed by atoms with van der Waals surface area (Å²) in [5.41, 5.74) is 3.50. The Hall–Kier alpha value is -3.06. The van der Waals surface area contributed by atoms with Crippen LogP contribution in [-0.2, 0) is 16.8 Å². The van der Waals surface area contributed by atoms with E-state index in [-0.39, 0.29) is 30.4 Å². The summed E-state index contributed by atoms with van der Waals surface area (Å²) in [6, 6.07) is 19.0. The Bertz CT molecular complexity index is 1320. The van der Waals surface area contributed by atoms with E-state index in [1.165, 1.54) is 0 Å². The number of aliphatic hydroxyl groups is 1. The number of methoxy groups -OCH3 is 1. The Morgan fingerprint density at radius 1 is 1.08 bits per heavy atom. The topological polar surface area (TPSA) is 71.0 Å². The first-order chi connectivity index (χ1) is 18.7. The van der Waals surface area contributed by atoms with Crippen molar-refractivity contribution in [3.05, 3.63) is 87.9 Å². The maximum atomic E-state index is 13.8. The molecule has 3 atom stereocenters. The standard InChI is InChI=1S/C32H37ClN2O4/c1-20(2)39-29-18-27-22(16-28(29)38-4)17-30(36)35(31(27)21-7-11-25(33)12-8-21)26-13-9-23(10-14-26)32(3,37)24-6-5-15-34-19-24/h7-14,16,18,20,24,31,34,37H,5-6,15,17,19H2,1-4H3/t24?,31-,32-/m0/s1. The van der Waals surface area contributed by atoms with Crippen molar-refractivity contribution >= 4 is 23.2 Å². The molecule has 2 heterocycles. The molecule has 0 saturated carbocycles. The normalized spacial score (nSPS) is 20.9. The van der Waals surface area contributed by atoms with Crippen molar-refractivity contribution in [1.29, 1.82) is 0 Å². The fourth-order valence-corrected chi connectivity index (χ4v) is 5.98. The highest BCUT2D eigenvalue weighted by molar-refractivity contribution is 6.30. The summed E-state index contributed by atoms with van der Waals surface area (Å²) in [6.07, 6.45) is 2.24. The molecule has 2 aliphatic heterocycles. The molecule has 7 heteroatoms. The van der Waals surface area contributed by atoms with Crippen LogP contribution in [0.25, 0.3) is 0 Å². The number of carbonyl (C=O) groups excluding carboxylic acids is 1. The Morgan fingerprint density at radius 2 is 1.79 bits per heavy atom. The van der Waals surface area contributed by atoms with Gasteiger partial charge >= 0.3 is 0 Å². The van der Waals surface area contributed by atoms with Gasteiger partial charge in [-0.05, 0) is 98.8 Å². The van der Waals surface area contributed by atoms with Gasteiger partial charge in [0.25, 0.3) is 0 Å². The molecule has 206 valence electrons. The number of fused-ring (bicyclic) bond motifs is 1. The lowest BCUT2D eigenvalue weighted by Gasteiger charge is -2.39. The van der Waals surface area contributed by atoms with Crippen molar-refractivity contribution in [2.75, 3.05) is 25.1 Å². The van der Waals surface area contributed by atoms with Gasteiger partial charge in [-0.3, -0.25) is 4.79 Å². The summed E-state index contributed by atoms with van der Waals surface area (Å²) in [5, 5.41) is 15.5. The van der Waals surface area contributed by atoms with Gasteiger partial charge in [-0.25, -0.2) is 0 Å². The number of piperidine rings is 1. The van der Waals surface area contributed by atoms with E-state index in [0.29, 0.717) is 16.5 Å². The number of nitrogens with zero attached hydrogens (tertiary/aromatic N) is 1. The van der Waals surface area contributed by atoms with Crippen LogP contribution >= 0.6 is 11.6 Å². The van der Waals surface area contributed by atoms with Crippen LogP contribution in [0.4, 0.5) is 5.69 Å². The van der Waals surface area contributed by atoms with Gasteiger partial charge in [0.05, 0.1) is 31.3 Å². The second-order valence-electron chi connectivity index (χ2n) is 11.0. The number of rotatable bonds is 7. The van der Waals surface area contributed by atoms with Gasteiger partial charge < -0.3 is 24.8 Å². The lowest BCUT2D eigenvalue weighted by atomic mass is 9.78. The first-order valence-corrected chi connectivity index (χ1v) is 14.1. The molecule has 2 aliphatic rings. The van der Waals surface area contributed by atoms with Crippen molar-refractivity contribution in [3.8, 4) is 11.5 Å². The van der Waals surface area contributed by atoms with E-state index in [1.54, 1.807) is 7.11 Å². The summed E-state index contributed by atoms with van der Waals surface area (Å²) in [4.78, 5) is 15.6. The third-order valence-electron chi connectivity index (χ3n) is 7.96. The van der Waals surface area contributed by atoms with Gasteiger partial charge in [0.1, 0.15) is 0 Å². The average molecular weight is 549 g/mol. The molecule has 0 aliphatic carbocycles. The highest BCUT2D eigenvalue weighted by Gasteiger charge is 2.38. The molecule has 0 spiro atoms. The summed E-state index contributed by atoms with van der Waals surface area (Å²) < 4.78 is 11.7. The first-order valence-electron chi connectivity index (χ1n) is 13.7. The van der Waals surface area contributed by atoms with Gasteiger partial charge in [-0.1, -0.05) is 35.9 Å². The van der Waals surface area contributed by atoms with Crippen LogP contribution < -0.4 is 19.7 Å². The number of hydrogen-bond acceptors (Lipinski definition) is 5. The molecule has 2 N–H and O–H groups in total. The second-order valence-corrected chi connectivity index (χ2v) is 11.4. The molecule has 3 aromatic carbocycles. The van der Waals surface area contributed by atoms with Crippen LogP contribution in [0.5, 0.6) is 11.5 Å². The number of carbonyl (C=O) groups is 1. The Morgan fingerprint density at radius 3 is 2.41 bits per heavy atom. The Labute approximate surface area is 235 Å². The highest BCUT2D eigenvalue weighted by atomic mass is 35.5. The van der Waals surface area contributed by atoms with E-state index in [2.05, 4.69) is 5.32 Å². The molecule has 6 nitrogen and oxygen atoms in total. The molecule has 1 fully saturated rings. The lowest BCUT2D eigenvalue weighted by molar-refractivity contribution is -0.118. The number of benzene rings is 3. The summed E-state index contributed by atoms with van der Waals surface area (Å²) in [7, 11) is 1.61. The monoisotopic (exact) mass is 548 g/mol. The maximum Gasteiger partial charge on any atom is 0.232 e. The second kappa shape index (κ2) is 11.2. The van der Waals surface area contributed by atoms with Crippen LogP contribution in [0.15, 0.2) is 60.7 Å². The smallest absolute Gasteiger partial charge is 0.232 e. The van der Waals surface area contributed by atoms with Crippen LogP contribution in [0.2, 0.25) is 5.02 Å². The van der Waals surface area contributed by atoms with Crippen LogP contribution in [0.1, 0.15) is 61.9 Å². The average Bonchev–Trinajstić information content (AvgIpc) is 2.93. The predicted molar refractivity (Wildman–Crippen MR) is 155 cm³/mol. The largest absolute Gasteiger partial charge is 0.493 e. The van der Waals surface area contributed by atoms with Gasteiger partial charge in [0.15, 0.2) is 11.5 Å². The number of nitrogens with one attached hydrogen (secondary N) is 1. The minimum atomic E-state index is -0.959. The van der Waals surface area contributed by atoms with Crippen LogP contribution in [0, 0.1) is 5.92 Å². The van der Waals surface area contributed by atoms with Crippen molar-refractivity contribution < 1.29 is 19.4 Å². The number of amides is 1. The Balaban J connectivity index is 1.58. The molecular formula is C32H37ClN2O4. The molecule has 1 saturated heterocycles. The van der Waals surface area contributed by atoms with Crippen molar-refractivity contribution in [3.63, 3.8) is 0 Å². The third-order valence-corrected chi connectivity index (χ3v) is 8.21. The predicted octanol–water partition coefficient (Wildman–Crippen LogP) is 6.02. The zero-order chi connectivity index (χ0) is 27.7. The van der Waals surface area contributed by atoms with Gasteiger partial charge in [0, 0.05) is 23.2 Å². The maximum absolute atomic E-state index is 13.8. The van der Waals surface area contributed by atoms with Crippen molar-refractivity contribution in [1.82, 2.24) is 5.32 Å². The SMILES string of the molecule is COc1cc2c(cc1OC(C)C)[C@H](c1ccc(Cl)cc1)N(c1ccc([C@](C)(O)C3CCCNC3)cc1)C(=O)C2. The number of anilines is 1. The van der Waals surface area contributed by atoms with Crippen LogP contribution in [0.3, 0.4) is 0 Å². The van der Waals surface area contributed by atoms with E-state index in [4.69, 9.17) is 21.1 Å². The molecule has 0 radical (unpaired) electrons. The molecular weight excluding hydrogens is 512 g/mol. The van der Waals surface area contributed by atoms with Crippen molar-refractivity contribution in [2.45, 2.75) is 57.8 Å². The van der Waals surface area contributed by atoms with Gasteiger partial charge in [-0.2, -0.15) is 0 Å². The fourth-order valence-electron chi connectivity index (χ4n) is 5.86. The van der Waals surface area contributed by atoms with E-state index in [1.807, 2.05) is 86.3 Å². The minimum absolute atomic E-state index is 0.0157. The molecule has 1 unspecified atom stereocenters. The molecule has 3 aromatic rings. The number of halogens is 1. The Kier molecular flexibility index (Phi) is 7.90. The summed E-state index contributed by atoms with van der Waals surface area (Å²) >= 11 is 6.23. The quantitative estimate of drug-likeness (QED) is 0.378.